The molecule has 1 atom stereocenters. The molecule has 3 aromatic rings. The van der Waals surface area contributed by atoms with Gasteiger partial charge in [-0.2, -0.15) is 13.5 Å². The molecular weight excluding hydrogens is 633 g/mol. The lowest BCUT2D eigenvalue weighted by Crippen LogP contribution is -2.32. The third-order valence-corrected chi connectivity index (χ3v) is 8.55. The van der Waals surface area contributed by atoms with Gasteiger partial charge in [-0.25, -0.2) is 13.4 Å². The zero-order valence-electron chi connectivity index (χ0n) is 23.1. The van der Waals surface area contributed by atoms with Gasteiger partial charge in [0.25, 0.3) is 0 Å². The molecule has 4 rings (SSSR count). The third-order valence-electron chi connectivity index (χ3n) is 6.45. The summed E-state index contributed by atoms with van der Waals surface area (Å²) in [5.74, 6) is -0.485. The van der Waals surface area contributed by atoms with Crippen LogP contribution in [0.1, 0.15) is 30.1 Å². The summed E-state index contributed by atoms with van der Waals surface area (Å²) in [6.07, 6.45) is 3.78. The Labute approximate surface area is 257 Å². The number of halogens is 4. The van der Waals surface area contributed by atoms with E-state index in [1.807, 2.05) is 0 Å². The minimum Gasteiger partial charge on any atom is -0.497 e. The first-order valence-corrected chi connectivity index (χ1v) is 15.2. The molecule has 0 unspecified atom stereocenters. The molecule has 1 saturated carbocycles. The van der Waals surface area contributed by atoms with Gasteiger partial charge >= 0.3 is 12.6 Å². The fraction of sp³-hybridized carbons (Fsp3) is 0.357. The van der Waals surface area contributed by atoms with E-state index < -0.39 is 35.3 Å². The fourth-order valence-electron chi connectivity index (χ4n) is 4.03. The number of aromatic nitrogens is 1. The molecule has 0 aliphatic heterocycles. The van der Waals surface area contributed by atoms with Crippen LogP contribution in [0.2, 0.25) is 10.0 Å². The number of carbonyl (C=O) groups excluding carboxylic acids is 1. The third kappa shape index (κ3) is 8.82. The average molecular weight is 663 g/mol. The predicted molar refractivity (Wildman–Crippen MR) is 152 cm³/mol. The van der Waals surface area contributed by atoms with Crippen molar-refractivity contribution in [3.63, 3.8) is 0 Å². The van der Waals surface area contributed by atoms with E-state index in [-0.39, 0.29) is 44.4 Å². The number of methoxy groups -OCH3 is 2. The van der Waals surface area contributed by atoms with Crippen molar-refractivity contribution in [3.05, 3.63) is 70.0 Å². The largest absolute Gasteiger partial charge is 0.497 e. The second-order valence-electron chi connectivity index (χ2n) is 9.49. The number of benzene rings is 2. The van der Waals surface area contributed by atoms with Crippen LogP contribution in [0.5, 0.6) is 23.0 Å². The highest BCUT2D eigenvalue weighted by atomic mass is 35.5. The highest BCUT2D eigenvalue weighted by Crippen LogP contribution is 2.38. The summed E-state index contributed by atoms with van der Waals surface area (Å²) in [6.45, 7) is -3.53. The molecule has 10 nitrogen and oxygen atoms in total. The van der Waals surface area contributed by atoms with Crippen LogP contribution in [-0.2, 0) is 26.0 Å². The summed E-state index contributed by atoms with van der Waals surface area (Å²) in [6, 6.07) is 8.33. The molecule has 1 aliphatic rings. The second kappa shape index (κ2) is 14.4. The maximum atomic E-state index is 13.1. The smallest absolute Gasteiger partial charge is 0.387 e. The highest BCUT2D eigenvalue weighted by molar-refractivity contribution is 7.89. The van der Waals surface area contributed by atoms with E-state index in [4.69, 9.17) is 42.1 Å². The normalized spacial score (nSPS) is 13.8. The molecule has 0 amide bonds. The van der Waals surface area contributed by atoms with Gasteiger partial charge in [-0.15, -0.1) is 0 Å². The Morgan fingerprint density at radius 3 is 2.35 bits per heavy atom. The molecule has 0 bridgehead atoms. The minimum absolute atomic E-state index is 0.0361. The summed E-state index contributed by atoms with van der Waals surface area (Å²) in [5, 5.41) is 0.504. The van der Waals surface area contributed by atoms with Gasteiger partial charge in [0.15, 0.2) is 23.9 Å². The number of H-pyrrole nitrogens is 1. The molecule has 0 spiro atoms. The molecule has 2 N–H and O–H groups in total. The van der Waals surface area contributed by atoms with Gasteiger partial charge in [-0.05, 0) is 48.6 Å². The number of sulfonamides is 1. The first-order chi connectivity index (χ1) is 20.5. The van der Waals surface area contributed by atoms with E-state index in [1.165, 1.54) is 63.0 Å². The number of hydrogen-bond donors (Lipinski definition) is 1. The van der Waals surface area contributed by atoms with Crippen LogP contribution in [0, 0.1) is 5.92 Å². The molecular formula is C28H29Cl2F2N2O8S+. The fourth-order valence-corrected chi connectivity index (χ4v) is 5.72. The van der Waals surface area contributed by atoms with Crippen LogP contribution in [0.25, 0.3) is 0 Å². The lowest BCUT2D eigenvalue weighted by Gasteiger charge is -2.21. The van der Waals surface area contributed by atoms with Gasteiger partial charge in [0.1, 0.15) is 39.1 Å². The van der Waals surface area contributed by atoms with Crippen LogP contribution in [0.15, 0.2) is 53.7 Å². The summed E-state index contributed by atoms with van der Waals surface area (Å²) < 4.78 is 80.7. The van der Waals surface area contributed by atoms with Crippen molar-refractivity contribution in [2.45, 2.75) is 36.9 Å². The summed E-state index contributed by atoms with van der Waals surface area (Å²) >= 11 is 12.7. The highest BCUT2D eigenvalue weighted by Gasteiger charge is 2.27. The molecule has 15 heteroatoms. The van der Waals surface area contributed by atoms with E-state index in [0.29, 0.717) is 23.7 Å². The Balaban J connectivity index is 1.59. The number of hydrogen-bond acceptors (Lipinski definition) is 8. The Morgan fingerprint density at radius 1 is 1.02 bits per heavy atom. The van der Waals surface area contributed by atoms with Crippen LogP contribution < -0.4 is 28.7 Å². The molecule has 1 fully saturated rings. The van der Waals surface area contributed by atoms with Crippen molar-refractivity contribution in [3.8, 4) is 23.0 Å². The standard InChI is InChI=1S/C28H28Cl2F2N2O8S/c1-38-18-6-8-23(39-2)26(10-18)43(36,37)34-14-27(35)41-24(11-19-20(29)12-33-13-21(19)30)17-5-7-22(42-28(31)32)25(9-17)40-15-16-3-4-16/h5-10,12-13,16,24,28,34H,3-4,11,14-15H2,1-2H3/p+1/t24-/m0/s1. The first kappa shape index (κ1) is 32.5. The van der Waals surface area contributed by atoms with E-state index >= 15 is 0 Å². The lowest BCUT2D eigenvalue weighted by molar-refractivity contribution is -0.377. The minimum atomic E-state index is -4.25. The molecule has 2 aromatic carbocycles. The Kier molecular flexibility index (Phi) is 10.9. The number of carbonyl (C=O) groups is 1. The quantitative estimate of drug-likeness (QED) is 0.225. The summed E-state index contributed by atoms with van der Waals surface area (Å²) in [5.41, 5.74) is 0.771. The Hall–Kier alpha value is -3.39. The molecule has 1 aromatic heterocycles. The van der Waals surface area contributed by atoms with Gasteiger partial charge in [0.05, 0.1) is 20.8 Å². The number of alkyl halides is 2. The van der Waals surface area contributed by atoms with Gasteiger partial charge in [0.2, 0.25) is 10.0 Å². The van der Waals surface area contributed by atoms with Crippen molar-refractivity contribution in [1.29, 1.82) is 0 Å². The maximum absolute atomic E-state index is 13.1. The molecule has 0 saturated heterocycles. The molecule has 232 valence electrons. The molecule has 43 heavy (non-hydrogen) atoms. The van der Waals surface area contributed by atoms with Crippen LogP contribution >= 0.6 is 23.2 Å². The Bertz CT molecular complexity index is 1540. The second-order valence-corrected chi connectivity index (χ2v) is 12.0. The lowest BCUT2D eigenvalue weighted by atomic mass is 10.0. The SMILES string of the molecule is COc1ccc(OC)c(S(=O)(=O)NCC(=O)O[C@@H](Cc2c(Cl)c[nH+]cc2Cl)c2ccc(OC(F)F)c(OCC3CC3)c2)c1. The monoisotopic (exact) mass is 661 g/mol. The van der Waals surface area contributed by atoms with Crippen molar-refractivity contribution < 1.29 is 50.7 Å². The maximum Gasteiger partial charge on any atom is 0.387 e. The van der Waals surface area contributed by atoms with Crippen molar-refractivity contribution in [2.24, 2.45) is 5.92 Å². The molecule has 1 heterocycles. The number of esters is 1. The van der Waals surface area contributed by atoms with E-state index in [2.05, 4.69) is 14.4 Å². The van der Waals surface area contributed by atoms with Gasteiger partial charge in [0, 0.05) is 18.1 Å². The predicted octanol–water partition coefficient (Wildman–Crippen LogP) is 5.02. The van der Waals surface area contributed by atoms with E-state index in [1.54, 1.807) is 0 Å². The zero-order valence-corrected chi connectivity index (χ0v) is 25.4. The van der Waals surface area contributed by atoms with Crippen LogP contribution in [0.3, 0.4) is 0 Å². The van der Waals surface area contributed by atoms with E-state index in [9.17, 15) is 22.0 Å². The first-order valence-electron chi connectivity index (χ1n) is 13.0. The number of nitrogens with one attached hydrogen (secondary N) is 2. The van der Waals surface area contributed by atoms with Crippen molar-refractivity contribution >= 4 is 39.2 Å². The summed E-state index contributed by atoms with van der Waals surface area (Å²) in [4.78, 5) is 15.6. The number of ether oxygens (including phenoxy) is 5. The van der Waals surface area contributed by atoms with E-state index in [0.717, 1.165) is 12.8 Å². The van der Waals surface area contributed by atoms with Gasteiger partial charge < -0.3 is 23.7 Å². The zero-order chi connectivity index (χ0) is 31.1. The van der Waals surface area contributed by atoms with Crippen LogP contribution in [0.4, 0.5) is 8.78 Å². The average Bonchev–Trinajstić information content (AvgIpc) is 3.81. The number of aromatic amines is 1. The summed E-state index contributed by atoms with van der Waals surface area (Å²) in [7, 11) is -1.57. The molecule has 1 aliphatic carbocycles. The number of pyridine rings is 1. The molecule has 0 radical (unpaired) electrons. The van der Waals surface area contributed by atoms with Crippen LogP contribution in [-0.4, -0.2) is 48.4 Å². The van der Waals surface area contributed by atoms with Gasteiger partial charge in [-0.1, -0.05) is 29.3 Å². The van der Waals surface area contributed by atoms with Crippen molar-refractivity contribution in [2.75, 3.05) is 27.4 Å². The van der Waals surface area contributed by atoms with Gasteiger partial charge in [-0.3, -0.25) is 4.79 Å². The Morgan fingerprint density at radius 2 is 1.72 bits per heavy atom. The van der Waals surface area contributed by atoms with Crippen molar-refractivity contribution in [1.82, 2.24) is 4.72 Å². The number of rotatable bonds is 15. The topological polar surface area (TPSA) is 124 Å².